The van der Waals surface area contributed by atoms with Crippen LogP contribution >= 0.6 is 39.9 Å². The van der Waals surface area contributed by atoms with Crippen molar-refractivity contribution < 1.29 is 4.79 Å². The Morgan fingerprint density at radius 2 is 2.38 bits per heavy atom. The van der Waals surface area contributed by atoms with Gasteiger partial charge in [-0.2, -0.15) is 12.6 Å². The van der Waals surface area contributed by atoms with Crippen molar-refractivity contribution in [2.24, 2.45) is 0 Å². The third-order valence-corrected chi connectivity index (χ3v) is 4.00. The Hall–Kier alpha value is -0.0400. The summed E-state index contributed by atoms with van der Waals surface area (Å²) in [4.78, 5) is 14.9. The second-order valence-electron chi connectivity index (χ2n) is 3.55. The number of hydrogen-bond donors (Lipinski definition) is 2. The van der Waals surface area contributed by atoms with E-state index in [0.717, 1.165) is 9.35 Å². The monoisotopic (exact) mass is 322 g/mol. The molecule has 16 heavy (non-hydrogen) atoms. The zero-order chi connectivity index (χ0) is 12.1. The first-order chi connectivity index (χ1) is 7.56. The SMILES string of the molecule is CN(C)C(C(=O)NCCS)c1cc(Br)cs1. The minimum absolute atomic E-state index is 0.0217. The molecule has 1 rings (SSSR count). The number of nitrogens with one attached hydrogen (secondary N) is 1. The zero-order valence-electron chi connectivity index (χ0n) is 9.24. The van der Waals surface area contributed by atoms with Gasteiger partial charge in [-0.1, -0.05) is 0 Å². The fourth-order valence-electron chi connectivity index (χ4n) is 1.37. The van der Waals surface area contributed by atoms with Crippen LogP contribution in [0, 0.1) is 0 Å². The van der Waals surface area contributed by atoms with Gasteiger partial charge in [-0.25, -0.2) is 0 Å². The summed E-state index contributed by atoms with van der Waals surface area (Å²) in [5.74, 6) is 0.674. The van der Waals surface area contributed by atoms with Gasteiger partial charge in [0.15, 0.2) is 0 Å². The summed E-state index contributed by atoms with van der Waals surface area (Å²) in [6.07, 6.45) is 0. The first-order valence-corrected chi connectivity index (χ1v) is 7.15. The largest absolute Gasteiger partial charge is 0.354 e. The number of amides is 1. The third-order valence-electron chi connectivity index (χ3n) is 2.03. The Morgan fingerprint density at radius 3 is 2.81 bits per heavy atom. The van der Waals surface area contributed by atoms with Crippen molar-refractivity contribution in [2.45, 2.75) is 6.04 Å². The first kappa shape index (κ1) is 14.0. The average molecular weight is 323 g/mol. The highest BCUT2D eigenvalue weighted by atomic mass is 79.9. The van der Waals surface area contributed by atoms with Crippen molar-refractivity contribution in [3.8, 4) is 0 Å². The van der Waals surface area contributed by atoms with E-state index in [2.05, 4.69) is 33.9 Å². The third kappa shape index (κ3) is 3.76. The highest BCUT2D eigenvalue weighted by Crippen LogP contribution is 2.28. The Balaban J connectivity index is 2.79. The van der Waals surface area contributed by atoms with Crippen LogP contribution in [0.1, 0.15) is 10.9 Å². The Bertz CT molecular complexity index is 354. The van der Waals surface area contributed by atoms with Crippen molar-refractivity contribution in [3.05, 3.63) is 20.8 Å². The van der Waals surface area contributed by atoms with Gasteiger partial charge >= 0.3 is 0 Å². The highest BCUT2D eigenvalue weighted by molar-refractivity contribution is 9.10. The van der Waals surface area contributed by atoms with Crippen LogP contribution in [0.15, 0.2) is 15.9 Å². The maximum Gasteiger partial charge on any atom is 0.242 e. The summed E-state index contributed by atoms with van der Waals surface area (Å²) in [5.41, 5.74) is 0. The van der Waals surface area contributed by atoms with Gasteiger partial charge in [0.2, 0.25) is 5.91 Å². The number of hydrogen-bond acceptors (Lipinski definition) is 4. The molecule has 0 aromatic carbocycles. The second-order valence-corrected chi connectivity index (χ2v) is 5.85. The molecule has 0 radical (unpaired) electrons. The van der Waals surface area contributed by atoms with E-state index in [4.69, 9.17) is 0 Å². The average Bonchev–Trinajstić information content (AvgIpc) is 2.61. The smallest absolute Gasteiger partial charge is 0.242 e. The molecule has 0 saturated heterocycles. The molecule has 3 nitrogen and oxygen atoms in total. The van der Waals surface area contributed by atoms with E-state index in [1.807, 2.05) is 30.4 Å². The number of thiol groups is 1. The lowest BCUT2D eigenvalue weighted by atomic mass is 10.2. The molecule has 0 spiro atoms. The van der Waals surface area contributed by atoms with E-state index in [0.29, 0.717) is 12.3 Å². The first-order valence-electron chi connectivity index (χ1n) is 4.85. The zero-order valence-corrected chi connectivity index (χ0v) is 12.5. The standard InChI is InChI=1S/C10H15BrN2OS2/c1-13(2)9(10(14)12-3-4-15)8-5-7(11)6-16-8/h5-6,9,15H,3-4H2,1-2H3,(H,12,14). The van der Waals surface area contributed by atoms with Crippen molar-refractivity contribution in [3.63, 3.8) is 0 Å². The molecule has 0 aliphatic rings. The molecule has 1 unspecified atom stereocenters. The fraction of sp³-hybridized carbons (Fsp3) is 0.500. The number of carbonyl (C=O) groups excluding carboxylic acids is 1. The molecule has 90 valence electrons. The lowest BCUT2D eigenvalue weighted by molar-refractivity contribution is -0.125. The molecule has 1 N–H and O–H groups in total. The number of halogens is 1. The lowest BCUT2D eigenvalue weighted by Gasteiger charge is -2.22. The second kappa shape index (κ2) is 6.64. The van der Waals surface area contributed by atoms with Crippen molar-refractivity contribution in [1.82, 2.24) is 10.2 Å². The molecule has 0 saturated carbocycles. The molecule has 6 heteroatoms. The van der Waals surface area contributed by atoms with E-state index in [1.165, 1.54) is 0 Å². The van der Waals surface area contributed by atoms with E-state index in [9.17, 15) is 4.79 Å². The molecule has 0 aliphatic carbocycles. The maximum absolute atomic E-state index is 12.0. The van der Waals surface area contributed by atoms with Gasteiger partial charge in [0, 0.05) is 27.0 Å². The molecule has 0 aliphatic heterocycles. The Morgan fingerprint density at radius 1 is 1.69 bits per heavy atom. The van der Waals surface area contributed by atoms with Gasteiger partial charge in [0.05, 0.1) is 0 Å². The summed E-state index contributed by atoms with van der Waals surface area (Å²) < 4.78 is 1.02. The van der Waals surface area contributed by atoms with Crippen LogP contribution < -0.4 is 5.32 Å². The molecular formula is C10H15BrN2OS2. The van der Waals surface area contributed by atoms with Crippen LogP contribution in [-0.4, -0.2) is 37.2 Å². The minimum Gasteiger partial charge on any atom is -0.354 e. The molecule has 1 amide bonds. The fourth-order valence-corrected chi connectivity index (χ4v) is 3.11. The summed E-state index contributed by atoms with van der Waals surface area (Å²) in [7, 11) is 3.80. The number of likely N-dealkylation sites (N-methyl/N-ethyl adjacent to an activating group) is 1. The van der Waals surface area contributed by atoms with Crippen molar-refractivity contribution in [2.75, 3.05) is 26.4 Å². The van der Waals surface area contributed by atoms with Gasteiger partial charge in [-0.3, -0.25) is 9.69 Å². The minimum atomic E-state index is -0.226. The van der Waals surface area contributed by atoms with Crippen LogP contribution in [0.3, 0.4) is 0 Å². The molecule has 1 aromatic heterocycles. The Labute approximate surface area is 114 Å². The van der Waals surface area contributed by atoms with E-state index < -0.39 is 0 Å². The Kier molecular flexibility index (Phi) is 5.82. The van der Waals surface area contributed by atoms with Gasteiger partial charge < -0.3 is 5.32 Å². The summed E-state index contributed by atoms with van der Waals surface area (Å²) in [6, 6.07) is 1.76. The van der Waals surface area contributed by atoms with Gasteiger partial charge in [0.25, 0.3) is 0 Å². The summed E-state index contributed by atoms with van der Waals surface area (Å²) >= 11 is 9.05. The van der Waals surface area contributed by atoms with Crippen LogP contribution in [0.25, 0.3) is 0 Å². The van der Waals surface area contributed by atoms with Crippen LogP contribution in [-0.2, 0) is 4.79 Å². The normalized spacial score (nSPS) is 12.8. The lowest BCUT2D eigenvalue weighted by Crippen LogP contribution is -2.37. The van der Waals surface area contributed by atoms with Crippen molar-refractivity contribution in [1.29, 1.82) is 0 Å². The van der Waals surface area contributed by atoms with Gasteiger partial charge in [-0.05, 0) is 36.1 Å². The molecule has 1 aromatic rings. The highest BCUT2D eigenvalue weighted by Gasteiger charge is 2.23. The quantitative estimate of drug-likeness (QED) is 0.814. The number of thiophene rings is 1. The van der Waals surface area contributed by atoms with Crippen molar-refractivity contribution >= 4 is 45.8 Å². The van der Waals surface area contributed by atoms with Crippen LogP contribution in [0.2, 0.25) is 0 Å². The van der Waals surface area contributed by atoms with E-state index >= 15 is 0 Å². The number of nitrogens with zero attached hydrogens (tertiary/aromatic N) is 1. The summed E-state index contributed by atoms with van der Waals surface area (Å²) in [5, 5.41) is 4.84. The number of rotatable bonds is 5. The molecular weight excluding hydrogens is 308 g/mol. The topological polar surface area (TPSA) is 32.3 Å². The molecule has 0 fully saturated rings. The molecule has 1 heterocycles. The van der Waals surface area contributed by atoms with Crippen LogP contribution in [0.4, 0.5) is 0 Å². The predicted octanol–water partition coefficient (Wildman–Crippen LogP) is 2.16. The molecule has 1 atom stereocenters. The van der Waals surface area contributed by atoms with E-state index in [-0.39, 0.29) is 11.9 Å². The maximum atomic E-state index is 12.0. The van der Waals surface area contributed by atoms with E-state index in [1.54, 1.807) is 11.3 Å². The number of carbonyl (C=O) groups is 1. The van der Waals surface area contributed by atoms with Gasteiger partial charge in [0.1, 0.15) is 6.04 Å². The predicted molar refractivity (Wildman–Crippen MR) is 75.3 cm³/mol. The molecule has 0 bridgehead atoms. The van der Waals surface area contributed by atoms with Gasteiger partial charge in [-0.15, -0.1) is 11.3 Å². The summed E-state index contributed by atoms with van der Waals surface area (Å²) in [6.45, 7) is 0.596. The van der Waals surface area contributed by atoms with Crippen LogP contribution in [0.5, 0.6) is 0 Å².